The van der Waals surface area contributed by atoms with E-state index < -0.39 is 0 Å². The molecule has 0 bridgehead atoms. The molecule has 0 saturated heterocycles. The van der Waals surface area contributed by atoms with E-state index in [1.54, 1.807) is 12.2 Å². The number of urea groups is 1. The molecule has 5 heteroatoms. The largest absolute Gasteiger partial charge is 0.334 e. The minimum Gasteiger partial charge on any atom is -0.334 e. The van der Waals surface area contributed by atoms with E-state index in [9.17, 15) is 4.79 Å². The predicted molar refractivity (Wildman–Crippen MR) is 105 cm³/mol. The number of nitrogens with two attached hydrogens (primary N) is 2. The molecular weight excluding hydrogens is 300 g/mol. The molecule has 6 N–H and O–H groups in total. The summed E-state index contributed by atoms with van der Waals surface area (Å²) >= 11 is 0. The summed E-state index contributed by atoms with van der Waals surface area (Å²) in [6.07, 6.45) is 8.92. The first kappa shape index (κ1) is 23.6. The maximum absolute atomic E-state index is 11.7. The van der Waals surface area contributed by atoms with Crippen molar-refractivity contribution in [1.82, 2.24) is 10.6 Å². The van der Waals surface area contributed by atoms with E-state index in [4.69, 9.17) is 0 Å². The maximum atomic E-state index is 11.7. The maximum Gasteiger partial charge on any atom is 0.315 e. The van der Waals surface area contributed by atoms with E-state index in [2.05, 4.69) is 35.3 Å². The van der Waals surface area contributed by atoms with Crippen molar-refractivity contribution >= 4 is 6.03 Å². The van der Waals surface area contributed by atoms with Gasteiger partial charge in [0, 0.05) is 13.1 Å². The Hall–Kier alpha value is -2.63. The van der Waals surface area contributed by atoms with Crippen molar-refractivity contribution < 1.29 is 4.79 Å². The molecule has 0 aromatic heterocycles. The fourth-order valence-corrected chi connectivity index (χ4v) is 1.54. The highest BCUT2D eigenvalue weighted by Crippen LogP contribution is 1.98. The molecule has 132 valence electrons. The van der Waals surface area contributed by atoms with Gasteiger partial charge in [-0.25, -0.2) is 4.79 Å². The summed E-state index contributed by atoms with van der Waals surface area (Å²) in [5, 5.41) is 5.60. The average Bonchev–Trinajstić information content (AvgIpc) is 2.66. The first-order valence-electron chi connectivity index (χ1n) is 7.58. The molecule has 0 aliphatic heterocycles. The number of amides is 2. The Balaban J connectivity index is 0. The molecule has 0 saturated carbocycles. The molecule has 0 aliphatic carbocycles. The van der Waals surface area contributed by atoms with E-state index in [1.165, 1.54) is 14.1 Å². The van der Waals surface area contributed by atoms with E-state index >= 15 is 0 Å². The first-order chi connectivity index (χ1) is 11.8. The van der Waals surface area contributed by atoms with Gasteiger partial charge in [0.1, 0.15) is 0 Å². The molecular formula is C19H30N4O. The Kier molecular flexibility index (Phi) is 18.1. The molecule has 2 amide bonds. The zero-order valence-corrected chi connectivity index (χ0v) is 14.7. The van der Waals surface area contributed by atoms with Gasteiger partial charge in [-0.2, -0.15) is 0 Å². The molecule has 1 aromatic rings. The number of hydrogen-bond acceptors (Lipinski definition) is 3. The molecule has 0 fully saturated rings. The number of rotatable bonds is 7. The Bertz CT molecular complexity index is 507. The SMILES string of the molecule is C=C/C=C\C(=C/C=C)CNC(=O)NCc1ccccc1.CN.CN. The van der Waals surface area contributed by atoms with Crippen LogP contribution >= 0.6 is 0 Å². The average molecular weight is 330 g/mol. The summed E-state index contributed by atoms with van der Waals surface area (Å²) in [5.74, 6) is 0. The second kappa shape index (κ2) is 18.4. The smallest absolute Gasteiger partial charge is 0.315 e. The number of nitrogens with one attached hydrogen (secondary N) is 2. The third kappa shape index (κ3) is 13.1. The first-order valence-corrected chi connectivity index (χ1v) is 7.58. The third-order valence-corrected chi connectivity index (χ3v) is 2.53. The minimum atomic E-state index is -0.198. The highest BCUT2D eigenvalue weighted by atomic mass is 16.2. The van der Waals surface area contributed by atoms with E-state index in [1.807, 2.05) is 48.6 Å². The molecule has 0 unspecified atom stereocenters. The van der Waals surface area contributed by atoms with Crippen molar-refractivity contribution in [3.63, 3.8) is 0 Å². The fourth-order valence-electron chi connectivity index (χ4n) is 1.54. The zero-order chi connectivity index (χ0) is 18.6. The van der Waals surface area contributed by atoms with Crippen molar-refractivity contribution in [2.24, 2.45) is 11.5 Å². The molecule has 0 heterocycles. The number of hydrogen-bond donors (Lipinski definition) is 4. The lowest BCUT2D eigenvalue weighted by Gasteiger charge is -2.08. The van der Waals surface area contributed by atoms with Crippen LogP contribution in [-0.2, 0) is 6.54 Å². The summed E-state index contributed by atoms with van der Waals surface area (Å²) in [6.45, 7) is 8.21. The summed E-state index contributed by atoms with van der Waals surface area (Å²) in [6, 6.07) is 9.57. The van der Waals surface area contributed by atoms with E-state index in [-0.39, 0.29) is 6.03 Å². The van der Waals surface area contributed by atoms with Gasteiger partial charge >= 0.3 is 6.03 Å². The van der Waals surface area contributed by atoms with Gasteiger partial charge in [-0.15, -0.1) is 0 Å². The van der Waals surface area contributed by atoms with Crippen LogP contribution in [0.3, 0.4) is 0 Å². The second-order valence-electron chi connectivity index (χ2n) is 4.09. The summed E-state index contributed by atoms with van der Waals surface area (Å²) in [4.78, 5) is 11.7. The Morgan fingerprint density at radius 2 is 1.67 bits per heavy atom. The lowest BCUT2D eigenvalue weighted by Crippen LogP contribution is -2.35. The predicted octanol–water partition coefficient (Wildman–Crippen LogP) is 2.49. The van der Waals surface area contributed by atoms with Crippen LogP contribution in [0, 0.1) is 0 Å². The Morgan fingerprint density at radius 3 is 2.21 bits per heavy atom. The van der Waals surface area contributed by atoms with Crippen LogP contribution in [0.25, 0.3) is 0 Å². The van der Waals surface area contributed by atoms with E-state index in [0.29, 0.717) is 13.1 Å². The van der Waals surface area contributed by atoms with Gasteiger partial charge in [-0.05, 0) is 25.2 Å². The zero-order valence-electron chi connectivity index (χ0n) is 14.7. The van der Waals surface area contributed by atoms with Gasteiger partial charge in [0.2, 0.25) is 0 Å². The Labute approximate surface area is 145 Å². The van der Waals surface area contributed by atoms with Crippen molar-refractivity contribution in [2.45, 2.75) is 6.54 Å². The lowest BCUT2D eigenvalue weighted by atomic mass is 10.2. The minimum absolute atomic E-state index is 0.198. The van der Waals surface area contributed by atoms with Gasteiger partial charge in [0.15, 0.2) is 0 Å². The number of carbonyl (C=O) groups is 1. The van der Waals surface area contributed by atoms with Gasteiger partial charge in [0.05, 0.1) is 0 Å². The van der Waals surface area contributed by atoms with Gasteiger partial charge < -0.3 is 22.1 Å². The van der Waals surface area contributed by atoms with Gasteiger partial charge in [0.25, 0.3) is 0 Å². The van der Waals surface area contributed by atoms with Crippen LogP contribution < -0.4 is 22.1 Å². The normalized spacial score (nSPS) is 9.75. The summed E-state index contributed by atoms with van der Waals surface area (Å²) < 4.78 is 0. The lowest BCUT2D eigenvalue weighted by molar-refractivity contribution is 0.241. The molecule has 5 nitrogen and oxygen atoms in total. The summed E-state index contributed by atoms with van der Waals surface area (Å²) in [5.41, 5.74) is 11.0. The van der Waals surface area contributed by atoms with Crippen molar-refractivity contribution in [2.75, 3.05) is 20.6 Å². The van der Waals surface area contributed by atoms with Crippen LogP contribution in [0.1, 0.15) is 5.56 Å². The van der Waals surface area contributed by atoms with Crippen LogP contribution in [0.4, 0.5) is 4.79 Å². The highest BCUT2D eigenvalue weighted by molar-refractivity contribution is 5.74. The molecule has 24 heavy (non-hydrogen) atoms. The Morgan fingerprint density at radius 1 is 1.04 bits per heavy atom. The van der Waals surface area contributed by atoms with Crippen LogP contribution in [-0.4, -0.2) is 26.7 Å². The molecule has 1 aromatic carbocycles. The van der Waals surface area contributed by atoms with Crippen molar-refractivity contribution in [3.05, 3.63) is 85.0 Å². The topological polar surface area (TPSA) is 93.2 Å². The summed E-state index contributed by atoms with van der Waals surface area (Å²) in [7, 11) is 3.00. The van der Waals surface area contributed by atoms with E-state index in [0.717, 1.165) is 11.1 Å². The van der Waals surface area contributed by atoms with Crippen molar-refractivity contribution in [1.29, 1.82) is 0 Å². The van der Waals surface area contributed by atoms with Crippen LogP contribution in [0.2, 0.25) is 0 Å². The fraction of sp³-hybridized carbons (Fsp3) is 0.211. The quantitative estimate of drug-likeness (QED) is 0.579. The molecule has 0 radical (unpaired) electrons. The van der Waals surface area contributed by atoms with Crippen LogP contribution in [0.5, 0.6) is 0 Å². The molecule has 0 aliphatic rings. The molecule has 0 atom stereocenters. The highest BCUT2D eigenvalue weighted by Gasteiger charge is 2.00. The number of allylic oxidation sites excluding steroid dienone is 4. The van der Waals surface area contributed by atoms with Crippen molar-refractivity contribution in [3.8, 4) is 0 Å². The standard InChI is InChI=1S/C17H20N2O.2CH5N/c1-3-5-10-15(9-4-2)13-18-17(20)19-14-16-11-7-6-8-12-16;2*1-2/h3-12H,1-2,13-14H2,(H2,18,19,20);2*2H2,1H3/b10-5-,15-9+;;. The molecule has 0 spiro atoms. The van der Waals surface area contributed by atoms with Gasteiger partial charge in [-0.3, -0.25) is 0 Å². The third-order valence-electron chi connectivity index (χ3n) is 2.53. The van der Waals surface area contributed by atoms with Gasteiger partial charge in [-0.1, -0.05) is 73.9 Å². The van der Waals surface area contributed by atoms with Crippen LogP contribution in [0.15, 0.2) is 79.4 Å². The number of carbonyl (C=O) groups excluding carboxylic acids is 1. The number of benzene rings is 1. The second-order valence-corrected chi connectivity index (χ2v) is 4.09. The monoisotopic (exact) mass is 330 g/mol. The molecule has 1 rings (SSSR count).